The van der Waals surface area contributed by atoms with Gasteiger partial charge in [-0.15, -0.1) is 12.8 Å². The van der Waals surface area contributed by atoms with Crippen LogP contribution in [0.5, 0.6) is 0 Å². The third-order valence-electron chi connectivity index (χ3n) is 7.13. The smallest absolute Gasteiger partial charge is 0.0652 e. The Morgan fingerprint density at radius 1 is 0.706 bits per heavy atom. The first-order valence-electron chi connectivity index (χ1n) is 11.2. The number of hydrogen-bond donors (Lipinski definition) is 0. The molecule has 0 amide bonds. The van der Waals surface area contributed by atoms with Crippen molar-refractivity contribution in [2.45, 2.75) is 19.3 Å². The summed E-state index contributed by atoms with van der Waals surface area (Å²) in [6.45, 7) is 4.45. The molecular formula is C33H23Cl. The Morgan fingerprint density at radius 2 is 1.26 bits per heavy atom. The van der Waals surface area contributed by atoms with Gasteiger partial charge in [0.2, 0.25) is 0 Å². The van der Waals surface area contributed by atoms with Crippen LogP contribution in [-0.2, 0) is 5.41 Å². The van der Waals surface area contributed by atoms with Crippen molar-refractivity contribution in [3.63, 3.8) is 0 Å². The molecule has 0 aliphatic heterocycles. The molecule has 3 aromatic carbocycles. The molecule has 162 valence electrons. The Hall–Kier alpha value is -3.97. The second-order valence-electron chi connectivity index (χ2n) is 8.61. The molecule has 0 saturated carbocycles. The normalized spacial score (nSPS) is 15.8. The lowest BCUT2D eigenvalue weighted by atomic mass is 9.68. The highest BCUT2D eigenvalue weighted by molar-refractivity contribution is 6.30. The van der Waals surface area contributed by atoms with Crippen LogP contribution in [0.15, 0.2) is 113 Å². The van der Waals surface area contributed by atoms with Crippen molar-refractivity contribution in [3.8, 4) is 46.9 Å². The van der Waals surface area contributed by atoms with Gasteiger partial charge in [-0.1, -0.05) is 78.0 Å². The molecule has 0 aromatic heterocycles. The van der Waals surface area contributed by atoms with Crippen LogP contribution in [0, 0.1) is 24.7 Å². The van der Waals surface area contributed by atoms with Crippen LogP contribution < -0.4 is 0 Å². The standard InChI is InChI=1S/C33H23Cl/c1-5-7-12-26-22(3)33(23(4)27(26)13-8-6-2)31-17-10-9-14-29(31)30-16-11-15-28(32(30)33)24-18-20-25(34)21-19-24/h1-2,7-21H,3-4H3/b12-7-,13-8-. The maximum atomic E-state index is 6.23. The predicted octanol–water partition coefficient (Wildman–Crippen LogP) is 8.30. The molecule has 0 unspecified atom stereocenters. The Balaban J connectivity index is 1.94. The van der Waals surface area contributed by atoms with Crippen LogP contribution in [0.4, 0.5) is 0 Å². The average molecular weight is 455 g/mol. The fourth-order valence-electron chi connectivity index (χ4n) is 5.79. The highest BCUT2D eigenvalue weighted by Crippen LogP contribution is 2.63. The number of rotatable bonds is 3. The average Bonchev–Trinajstić information content (AvgIpc) is 3.27. The van der Waals surface area contributed by atoms with Crippen LogP contribution in [-0.4, -0.2) is 0 Å². The summed E-state index contributed by atoms with van der Waals surface area (Å²) in [5, 5.41) is 0.728. The van der Waals surface area contributed by atoms with Gasteiger partial charge in [0.15, 0.2) is 0 Å². The minimum absolute atomic E-state index is 0.412. The van der Waals surface area contributed by atoms with E-state index in [9.17, 15) is 0 Å². The predicted molar refractivity (Wildman–Crippen MR) is 144 cm³/mol. The zero-order chi connectivity index (χ0) is 23.9. The SMILES string of the molecule is C#C/C=C\C1=C(C)C2(C(C)=C1/C=C\C#C)c1ccccc1-c1cccc(-c3ccc(Cl)cc3)c12. The molecular weight excluding hydrogens is 432 g/mol. The van der Waals surface area contributed by atoms with E-state index in [2.05, 4.69) is 80.3 Å². The third kappa shape index (κ3) is 2.97. The molecule has 0 atom stereocenters. The fourth-order valence-corrected chi connectivity index (χ4v) is 5.92. The van der Waals surface area contributed by atoms with E-state index in [1.165, 1.54) is 39.0 Å². The first kappa shape index (κ1) is 21.9. The molecule has 0 fully saturated rings. The van der Waals surface area contributed by atoms with Gasteiger partial charge in [-0.05, 0) is 106 Å². The van der Waals surface area contributed by atoms with Crippen LogP contribution in [0.1, 0.15) is 25.0 Å². The number of halogens is 1. The summed E-state index contributed by atoms with van der Waals surface area (Å²) in [6.07, 6.45) is 18.8. The number of fused-ring (bicyclic) bond motifs is 5. The summed E-state index contributed by atoms with van der Waals surface area (Å²) < 4.78 is 0. The van der Waals surface area contributed by atoms with Crippen LogP contribution in [0.3, 0.4) is 0 Å². The largest absolute Gasteiger partial charge is 0.115 e. The molecule has 3 aromatic rings. The van der Waals surface area contributed by atoms with Gasteiger partial charge in [0, 0.05) is 5.02 Å². The minimum atomic E-state index is -0.412. The van der Waals surface area contributed by atoms with Crippen molar-refractivity contribution in [2.75, 3.05) is 0 Å². The number of benzene rings is 3. The maximum Gasteiger partial charge on any atom is 0.0652 e. The van der Waals surface area contributed by atoms with E-state index in [4.69, 9.17) is 24.4 Å². The van der Waals surface area contributed by atoms with Gasteiger partial charge in [-0.2, -0.15) is 0 Å². The summed E-state index contributed by atoms with van der Waals surface area (Å²) in [4.78, 5) is 0. The first-order valence-corrected chi connectivity index (χ1v) is 11.6. The molecule has 5 rings (SSSR count). The highest BCUT2D eigenvalue weighted by Gasteiger charge is 2.51. The van der Waals surface area contributed by atoms with Gasteiger partial charge in [0.05, 0.1) is 5.41 Å². The second kappa shape index (κ2) is 8.43. The highest BCUT2D eigenvalue weighted by atomic mass is 35.5. The van der Waals surface area contributed by atoms with E-state index < -0.39 is 5.41 Å². The molecule has 0 radical (unpaired) electrons. The van der Waals surface area contributed by atoms with E-state index in [0.29, 0.717) is 0 Å². The summed E-state index contributed by atoms with van der Waals surface area (Å²) in [7, 11) is 0. The van der Waals surface area contributed by atoms with Crippen molar-refractivity contribution in [1.29, 1.82) is 0 Å². The lowest BCUT2D eigenvalue weighted by Crippen LogP contribution is -2.27. The van der Waals surface area contributed by atoms with Crippen molar-refractivity contribution in [3.05, 3.63) is 129 Å². The molecule has 0 saturated heterocycles. The fraction of sp³-hybridized carbons (Fsp3) is 0.0909. The summed E-state index contributed by atoms with van der Waals surface area (Å²) in [6, 6.07) is 23.4. The molecule has 0 N–H and O–H groups in total. The van der Waals surface area contributed by atoms with Gasteiger partial charge < -0.3 is 0 Å². The van der Waals surface area contributed by atoms with Gasteiger partial charge >= 0.3 is 0 Å². The van der Waals surface area contributed by atoms with E-state index in [1.807, 2.05) is 24.3 Å². The topological polar surface area (TPSA) is 0 Å². The zero-order valence-corrected chi connectivity index (χ0v) is 19.9. The molecule has 2 aliphatic carbocycles. The molecule has 0 heterocycles. The van der Waals surface area contributed by atoms with E-state index in [0.717, 1.165) is 21.7 Å². The van der Waals surface area contributed by atoms with E-state index in [1.54, 1.807) is 12.2 Å². The first-order chi connectivity index (χ1) is 16.6. The Bertz CT molecular complexity index is 1480. The van der Waals surface area contributed by atoms with Crippen LogP contribution in [0.25, 0.3) is 22.3 Å². The zero-order valence-electron chi connectivity index (χ0n) is 19.2. The van der Waals surface area contributed by atoms with E-state index in [-0.39, 0.29) is 0 Å². The molecule has 1 heteroatoms. The summed E-state index contributed by atoms with van der Waals surface area (Å²) in [5.74, 6) is 5.30. The van der Waals surface area contributed by atoms with Gasteiger partial charge in [0.25, 0.3) is 0 Å². The Morgan fingerprint density at radius 3 is 1.88 bits per heavy atom. The third-order valence-corrected chi connectivity index (χ3v) is 7.38. The molecule has 0 bridgehead atoms. The maximum absolute atomic E-state index is 6.23. The summed E-state index contributed by atoms with van der Waals surface area (Å²) in [5.41, 5.74) is 11.8. The molecule has 34 heavy (non-hydrogen) atoms. The van der Waals surface area contributed by atoms with Crippen molar-refractivity contribution < 1.29 is 0 Å². The van der Waals surface area contributed by atoms with Gasteiger partial charge in [0.1, 0.15) is 0 Å². The van der Waals surface area contributed by atoms with Gasteiger partial charge in [-0.25, -0.2) is 0 Å². The number of hydrogen-bond acceptors (Lipinski definition) is 0. The summed E-state index contributed by atoms with van der Waals surface area (Å²) >= 11 is 6.23. The molecule has 1 spiro atoms. The Kier molecular flexibility index (Phi) is 5.42. The molecule has 0 nitrogen and oxygen atoms in total. The molecule has 2 aliphatic rings. The van der Waals surface area contributed by atoms with Crippen LogP contribution in [0.2, 0.25) is 5.02 Å². The van der Waals surface area contributed by atoms with Crippen molar-refractivity contribution >= 4 is 11.6 Å². The van der Waals surface area contributed by atoms with Crippen molar-refractivity contribution in [2.24, 2.45) is 0 Å². The monoisotopic (exact) mass is 454 g/mol. The Labute approximate surface area is 207 Å². The lowest BCUT2D eigenvalue weighted by Gasteiger charge is -2.33. The second-order valence-corrected chi connectivity index (χ2v) is 9.04. The quantitative estimate of drug-likeness (QED) is 0.349. The minimum Gasteiger partial charge on any atom is -0.115 e. The van der Waals surface area contributed by atoms with Crippen molar-refractivity contribution in [1.82, 2.24) is 0 Å². The van der Waals surface area contributed by atoms with E-state index >= 15 is 0 Å². The lowest BCUT2D eigenvalue weighted by molar-refractivity contribution is 0.742. The number of terminal acetylenes is 2. The van der Waals surface area contributed by atoms with Crippen LogP contribution >= 0.6 is 11.6 Å². The van der Waals surface area contributed by atoms with Gasteiger partial charge in [-0.3, -0.25) is 0 Å². The number of allylic oxidation sites excluding steroid dienone is 8.